The smallest absolute Gasteiger partial charge is 0.260 e. The zero-order valence-corrected chi connectivity index (χ0v) is 19.3. The maximum absolute atomic E-state index is 13.9. The second kappa shape index (κ2) is 8.96. The van der Waals surface area contributed by atoms with Crippen LogP contribution in [-0.4, -0.2) is 54.3 Å². The highest BCUT2D eigenvalue weighted by atomic mass is 32.2. The van der Waals surface area contributed by atoms with Crippen molar-refractivity contribution in [2.24, 2.45) is 0 Å². The zero-order chi connectivity index (χ0) is 22.9. The Hall–Kier alpha value is -2.84. The zero-order valence-electron chi connectivity index (χ0n) is 18.5. The normalized spacial score (nSPS) is 19.0. The van der Waals surface area contributed by atoms with Gasteiger partial charge in [-0.15, -0.1) is 0 Å². The highest BCUT2D eigenvalue weighted by Crippen LogP contribution is 2.56. The highest BCUT2D eigenvalue weighted by Gasteiger charge is 2.58. The molecule has 0 saturated carbocycles. The third kappa shape index (κ3) is 3.89. The standard InChI is InChI=1S/C24H27N3O4S/c1-16-7-6-8-18(17(16)2)25-21(28)15-26(13-14-31-3)23(30)24-12-11-22(29)27(24)19-9-4-5-10-20(19)32-24/h4-10H,11-15H2,1-3H3,(H,25,28). The van der Waals surface area contributed by atoms with Crippen molar-refractivity contribution in [3.05, 3.63) is 53.6 Å². The molecule has 1 N–H and O–H groups in total. The second-order valence-electron chi connectivity index (χ2n) is 8.10. The van der Waals surface area contributed by atoms with E-state index in [9.17, 15) is 14.4 Å². The van der Waals surface area contributed by atoms with E-state index in [4.69, 9.17) is 4.74 Å². The van der Waals surface area contributed by atoms with Gasteiger partial charge in [0.25, 0.3) is 5.91 Å². The molecule has 7 nitrogen and oxygen atoms in total. The lowest BCUT2D eigenvalue weighted by molar-refractivity contribution is -0.137. The first-order valence-electron chi connectivity index (χ1n) is 10.6. The molecule has 2 aliphatic rings. The van der Waals surface area contributed by atoms with Gasteiger partial charge in [-0.2, -0.15) is 0 Å². The van der Waals surface area contributed by atoms with Crippen LogP contribution in [0.5, 0.6) is 0 Å². The predicted octanol–water partition coefficient (Wildman–Crippen LogP) is 3.35. The number of anilines is 2. The Morgan fingerprint density at radius 3 is 2.75 bits per heavy atom. The van der Waals surface area contributed by atoms with Gasteiger partial charge in [-0.25, -0.2) is 0 Å². The first kappa shape index (κ1) is 22.4. The van der Waals surface area contributed by atoms with Crippen LogP contribution >= 0.6 is 11.8 Å². The molecule has 0 bridgehead atoms. The summed E-state index contributed by atoms with van der Waals surface area (Å²) in [5.74, 6) is -0.587. The molecule has 0 aromatic heterocycles. The molecule has 1 saturated heterocycles. The number of nitrogens with one attached hydrogen (secondary N) is 1. The lowest BCUT2D eigenvalue weighted by atomic mass is 10.1. The molecule has 2 aromatic rings. The number of fused-ring (bicyclic) bond motifs is 3. The number of thioether (sulfide) groups is 1. The molecule has 8 heteroatoms. The van der Waals surface area contributed by atoms with Gasteiger partial charge in [-0.1, -0.05) is 36.0 Å². The summed E-state index contributed by atoms with van der Waals surface area (Å²) in [5.41, 5.74) is 3.56. The monoisotopic (exact) mass is 453 g/mol. The predicted molar refractivity (Wildman–Crippen MR) is 125 cm³/mol. The first-order valence-corrected chi connectivity index (χ1v) is 11.4. The van der Waals surface area contributed by atoms with Gasteiger partial charge in [0.1, 0.15) is 6.54 Å². The van der Waals surface area contributed by atoms with Crippen molar-refractivity contribution >= 4 is 40.9 Å². The molecule has 0 radical (unpaired) electrons. The average Bonchev–Trinajstić information content (AvgIpc) is 3.29. The highest BCUT2D eigenvalue weighted by molar-refractivity contribution is 8.02. The number of carbonyl (C=O) groups is 3. The van der Waals surface area contributed by atoms with Crippen LogP contribution in [0.1, 0.15) is 24.0 Å². The quantitative estimate of drug-likeness (QED) is 0.696. The molecule has 0 spiro atoms. The Kier molecular flexibility index (Phi) is 6.26. The number of hydrogen-bond donors (Lipinski definition) is 1. The van der Waals surface area contributed by atoms with Crippen molar-refractivity contribution in [3.63, 3.8) is 0 Å². The maximum Gasteiger partial charge on any atom is 0.260 e. The van der Waals surface area contributed by atoms with Crippen molar-refractivity contribution < 1.29 is 19.1 Å². The number of benzene rings is 2. The minimum atomic E-state index is -1.05. The molecule has 2 aromatic carbocycles. The van der Waals surface area contributed by atoms with Crippen molar-refractivity contribution in [1.29, 1.82) is 0 Å². The lowest BCUT2D eigenvalue weighted by Crippen LogP contribution is -2.55. The van der Waals surface area contributed by atoms with E-state index in [0.29, 0.717) is 19.4 Å². The first-order chi connectivity index (χ1) is 15.4. The van der Waals surface area contributed by atoms with Crippen LogP contribution in [0.25, 0.3) is 0 Å². The molecule has 0 aliphatic carbocycles. The minimum absolute atomic E-state index is 0.0673. The molecule has 1 atom stereocenters. The van der Waals surface area contributed by atoms with Crippen LogP contribution in [0.2, 0.25) is 0 Å². The van der Waals surface area contributed by atoms with E-state index in [1.807, 2.05) is 56.3 Å². The maximum atomic E-state index is 13.9. The number of nitrogens with zero attached hydrogens (tertiary/aromatic N) is 2. The fraction of sp³-hybridized carbons (Fsp3) is 0.375. The Morgan fingerprint density at radius 1 is 1.19 bits per heavy atom. The number of ether oxygens (including phenoxy) is 1. The van der Waals surface area contributed by atoms with Crippen LogP contribution in [0, 0.1) is 13.8 Å². The summed E-state index contributed by atoms with van der Waals surface area (Å²) in [4.78, 5) is 42.5. The van der Waals surface area contributed by atoms with E-state index in [1.54, 1.807) is 12.0 Å². The van der Waals surface area contributed by atoms with Crippen LogP contribution < -0.4 is 10.2 Å². The molecule has 168 valence electrons. The largest absolute Gasteiger partial charge is 0.383 e. The topological polar surface area (TPSA) is 79.0 Å². The summed E-state index contributed by atoms with van der Waals surface area (Å²) in [6, 6.07) is 13.3. The Balaban J connectivity index is 1.58. The fourth-order valence-electron chi connectivity index (χ4n) is 4.23. The fourth-order valence-corrected chi connectivity index (χ4v) is 5.72. The number of hydrogen-bond acceptors (Lipinski definition) is 5. The van der Waals surface area contributed by atoms with Gasteiger partial charge in [0, 0.05) is 30.7 Å². The molecule has 1 unspecified atom stereocenters. The molecule has 4 rings (SSSR count). The lowest BCUT2D eigenvalue weighted by Gasteiger charge is -2.35. The third-order valence-corrected chi connectivity index (χ3v) is 7.54. The number of para-hydroxylation sites is 1. The van der Waals surface area contributed by atoms with Gasteiger partial charge in [0.05, 0.1) is 12.3 Å². The van der Waals surface area contributed by atoms with Gasteiger partial charge in [-0.3, -0.25) is 19.3 Å². The van der Waals surface area contributed by atoms with Gasteiger partial charge < -0.3 is 15.0 Å². The number of carbonyl (C=O) groups excluding carboxylic acids is 3. The van der Waals surface area contributed by atoms with Crippen molar-refractivity contribution in [2.75, 3.05) is 37.0 Å². The molecule has 2 aliphatic heterocycles. The van der Waals surface area contributed by atoms with Crippen molar-refractivity contribution in [1.82, 2.24) is 4.90 Å². The SMILES string of the molecule is COCCN(CC(=O)Nc1cccc(C)c1C)C(=O)C12CCC(=O)N1c1ccccc1S2. The summed E-state index contributed by atoms with van der Waals surface area (Å²) in [7, 11) is 1.56. The summed E-state index contributed by atoms with van der Waals surface area (Å²) in [6.45, 7) is 4.38. The van der Waals surface area contributed by atoms with E-state index >= 15 is 0 Å². The van der Waals surface area contributed by atoms with Crippen molar-refractivity contribution in [2.45, 2.75) is 36.5 Å². The Morgan fingerprint density at radius 2 is 1.97 bits per heavy atom. The van der Waals surface area contributed by atoms with Gasteiger partial charge in [-0.05, 0) is 49.6 Å². The molecular formula is C24H27N3O4S. The van der Waals surface area contributed by atoms with Crippen LogP contribution in [0.4, 0.5) is 11.4 Å². The van der Waals surface area contributed by atoms with Crippen LogP contribution in [0.15, 0.2) is 47.4 Å². The summed E-state index contributed by atoms with van der Waals surface area (Å²) in [5, 5.41) is 2.93. The van der Waals surface area contributed by atoms with Crippen molar-refractivity contribution in [3.8, 4) is 0 Å². The van der Waals surface area contributed by atoms with Gasteiger partial charge >= 0.3 is 0 Å². The molecule has 3 amide bonds. The summed E-state index contributed by atoms with van der Waals surface area (Å²) >= 11 is 1.40. The summed E-state index contributed by atoms with van der Waals surface area (Å²) in [6.07, 6.45) is 0.714. The number of aryl methyl sites for hydroxylation is 1. The Bertz CT molecular complexity index is 1070. The molecule has 2 heterocycles. The van der Waals surface area contributed by atoms with Gasteiger partial charge in [0.15, 0.2) is 4.87 Å². The van der Waals surface area contributed by atoms with Gasteiger partial charge in [0.2, 0.25) is 11.8 Å². The van der Waals surface area contributed by atoms with E-state index in [2.05, 4.69) is 5.32 Å². The number of amides is 3. The van der Waals surface area contributed by atoms with E-state index in [-0.39, 0.29) is 30.8 Å². The number of rotatable bonds is 7. The second-order valence-corrected chi connectivity index (χ2v) is 9.42. The number of methoxy groups -OCH3 is 1. The molecular weight excluding hydrogens is 426 g/mol. The summed E-state index contributed by atoms with van der Waals surface area (Å²) < 4.78 is 5.20. The third-order valence-electron chi connectivity index (χ3n) is 6.07. The van der Waals surface area contributed by atoms with E-state index in [0.717, 1.165) is 27.4 Å². The molecule has 32 heavy (non-hydrogen) atoms. The molecule has 1 fully saturated rings. The Labute approximate surface area is 192 Å². The average molecular weight is 454 g/mol. The minimum Gasteiger partial charge on any atom is -0.383 e. The van der Waals surface area contributed by atoms with Crippen LogP contribution in [-0.2, 0) is 19.1 Å². The van der Waals surface area contributed by atoms with E-state index < -0.39 is 4.87 Å². The van der Waals surface area contributed by atoms with E-state index in [1.165, 1.54) is 16.7 Å². The van der Waals surface area contributed by atoms with Crippen LogP contribution in [0.3, 0.4) is 0 Å².